The highest BCUT2D eigenvalue weighted by Gasteiger charge is 2.30. The second kappa shape index (κ2) is 8.70. The zero-order chi connectivity index (χ0) is 21.1. The van der Waals surface area contributed by atoms with Crippen LogP contribution in [0, 0.1) is 12.7 Å². The Bertz CT molecular complexity index is 1060. The average Bonchev–Trinajstić information content (AvgIpc) is 3.40. The van der Waals surface area contributed by atoms with Crippen LogP contribution in [-0.2, 0) is 4.79 Å². The molecule has 1 fully saturated rings. The van der Waals surface area contributed by atoms with Gasteiger partial charge in [0.1, 0.15) is 21.7 Å². The molecule has 154 valence electrons. The molecule has 1 aromatic heterocycles. The zero-order valence-electron chi connectivity index (χ0n) is 16.1. The third-order valence-electron chi connectivity index (χ3n) is 4.81. The molecule has 1 aliphatic rings. The minimum absolute atomic E-state index is 0.0136. The molecule has 0 radical (unpaired) electrons. The number of rotatable bonds is 4. The van der Waals surface area contributed by atoms with E-state index in [-0.39, 0.29) is 17.8 Å². The minimum atomic E-state index is -0.479. The van der Waals surface area contributed by atoms with E-state index in [1.165, 1.54) is 23.5 Å². The highest BCUT2D eigenvalue weighted by Crippen LogP contribution is 2.28. The third kappa shape index (κ3) is 4.38. The smallest absolute Gasteiger partial charge is 0.271 e. The van der Waals surface area contributed by atoms with Gasteiger partial charge in [-0.25, -0.2) is 20.2 Å². The number of carbonyl (C=O) groups is 2. The van der Waals surface area contributed by atoms with E-state index in [2.05, 4.69) is 26.7 Å². The number of hydrazine groups is 2. The Labute approximate surface area is 176 Å². The lowest BCUT2D eigenvalue weighted by Gasteiger charge is -2.11. The normalized spacial score (nSPS) is 18.2. The highest BCUT2D eigenvalue weighted by molar-refractivity contribution is 7.17. The predicted molar refractivity (Wildman–Crippen MR) is 112 cm³/mol. The molecular formula is C21H20FN5O2S. The molecule has 2 atom stereocenters. The van der Waals surface area contributed by atoms with Gasteiger partial charge < -0.3 is 0 Å². The van der Waals surface area contributed by atoms with Gasteiger partial charge in [0.15, 0.2) is 0 Å². The van der Waals surface area contributed by atoms with Crippen LogP contribution in [0.15, 0.2) is 54.6 Å². The molecule has 30 heavy (non-hydrogen) atoms. The first kappa shape index (κ1) is 20.1. The molecule has 2 heterocycles. The Kier molecular flexibility index (Phi) is 5.84. The topological polar surface area (TPSA) is 95.2 Å². The summed E-state index contributed by atoms with van der Waals surface area (Å²) in [4.78, 5) is 29.7. The van der Waals surface area contributed by atoms with Crippen LogP contribution in [0.25, 0.3) is 10.6 Å². The van der Waals surface area contributed by atoms with Crippen molar-refractivity contribution in [3.8, 4) is 10.6 Å². The van der Waals surface area contributed by atoms with Gasteiger partial charge in [-0.1, -0.05) is 30.3 Å². The number of aryl methyl sites for hydroxylation is 1. The number of benzene rings is 2. The molecule has 0 bridgehead atoms. The van der Waals surface area contributed by atoms with Gasteiger partial charge in [-0.3, -0.25) is 20.4 Å². The lowest BCUT2D eigenvalue weighted by Crippen LogP contribution is -2.50. The Morgan fingerprint density at radius 1 is 1.07 bits per heavy atom. The van der Waals surface area contributed by atoms with Crippen molar-refractivity contribution in [3.63, 3.8) is 0 Å². The van der Waals surface area contributed by atoms with Crippen LogP contribution in [-0.4, -0.2) is 22.8 Å². The van der Waals surface area contributed by atoms with Crippen molar-refractivity contribution < 1.29 is 14.0 Å². The quantitative estimate of drug-likeness (QED) is 0.482. The molecule has 1 saturated heterocycles. The van der Waals surface area contributed by atoms with Crippen LogP contribution in [0.3, 0.4) is 0 Å². The van der Waals surface area contributed by atoms with E-state index in [9.17, 15) is 14.0 Å². The Morgan fingerprint density at radius 2 is 1.80 bits per heavy atom. The molecule has 4 N–H and O–H groups in total. The lowest BCUT2D eigenvalue weighted by atomic mass is 10.0. The first-order chi connectivity index (χ1) is 14.5. The van der Waals surface area contributed by atoms with Gasteiger partial charge in [-0.2, -0.15) is 0 Å². The van der Waals surface area contributed by atoms with E-state index in [1.54, 1.807) is 19.1 Å². The fraction of sp³-hybridized carbons (Fsp3) is 0.190. The molecule has 2 unspecified atom stereocenters. The number of nitrogens with zero attached hydrogens (tertiary/aromatic N) is 1. The van der Waals surface area contributed by atoms with Gasteiger partial charge in [0.2, 0.25) is 0 Å². The fourth-order valence-electron chi connectivity index (χ4n) is 3.22. The number of nitrogens with one attached hydrogen (secondary N) is 4. The largest absolute Gasteiger partial charge is 0.281 e. The summed E-state index contributed by atoms with van der Waals surface area (Å²) in [6.07, 6.45) is 0.556. The maximum atomic E-state index is 13.1. The number of hydrogen-bond acceptors (Lipinski definition) is 6. The standard InChI is InChI=1S/C21H20FN5O2S/c1-12-18(30-21(23-12)14-7-9-15(22)10-8-14)20(29)27-26-19(28)17-11-16(24-25-17)13-5-3-2-4-6-13/h2-10,16-17,24-25H,11H2,1H3,(H,26,28)(H,27,29). The molecule has 0 spiro atoms. The number of carbonyl (C=O) groups excluding carboxylic acids is 2. The molecule has 1 aliphatic heterocycles. The number of amides is 2. The predicted octanol–water partition coefficient (Wildman–Crippen LogP) is 2.63. The van der Waals surface area contributed by atoms with E-state index in [1.807, 2.05) is 30.3 Å². The van der Waals surface area contributed by atoms with Crippen molar-refractivity contribution in [1.82, 2.24) is 26.7 Å². The van der Waals surface area contributed by atoms with E-state index in [4.69, 9.17) is 0 Å². The maximum Gasteiger partial charge on any atom is 0.281 e. The van der Waals surface area contributed by atoms with Crippen LogP contribution in [0.2, 0.25) is 0 Å². The summed E-state index contributed by atoms with van der Waals surface area (Å²) >= 11 is 1.18. The van der Waals surface area contributed by atoms with Crippen molar-refractivity contribution in [1.29, 1.82) is 0 Å². The van der Waals surface area contributed by atoms with Crippen molar-refractivity contribution in [3.05, 3.63) is 76.5 Å². The summed E-state index contributed by atoms with van der Waals surface area (Å²) in [5.74, 6) is -1.12. The Hall–Kier alpha value is -3.14. The number of halogens is 1. The monoisotopic (exact) mass is 425 g/mol. The second-order valence-electron chi connectivity index (χ2n) is 6.92. The van der Waals surface area contributed by atoms with Crippen LogP contribution < -0.4 is 21.7 Å². The Balaban J connectivity index is 1.35. The minimum Gasteiger partial charge on any atom is -0.271 e. The van der Waals surface area contributed by atoms with Crippen molar-refractivity contribution in [2.75, 3.05) is 0 Å². The van der Waals surface area contributed by atoms with Crippen LogP contribution >= 0.6 is 11.3 Å². The van der Waals surface area contributed by atoms with Crippen molar-refractivity contribution in [2.24, 2.45) is 0 Å². The van der Waals surface area contributed by atoms with Crippen LogP contribution in [0.5, 0.6) is 0 Å². The Morgan fingerprint density at radius 3 is 2.53 bits per heavy atom. The molecule has 9 heteroatoms. The van der Waals surface area contributed by atoms with Crippen molar-refractivity contribution >= 4 is 23.2 Å². The molecule has 0 aliphatic carbocycles. The average molecular weight is 425 g/mol. The van der Waals surface area contributed by atoms with Gasteiger partial charge in [0, 0.05) is 11.6 Å². The van der Waals surface area contributed by atoms with Gasteiger partial charge in [0.25, 0.3) is 11.8 Å². The molecule has 7 nitrogen and oxygen atoms in total. The third-order valence-corrected chi connectivity index (χ3v) is 6.02. The molecular weight excluding hydrogens is 405 g/mol. The number of thiazole rings is 1. The van der Waals surface area contributed by atoms with E-state index < -0.39 is 11.9 Å². The van der Waals surface area contributed by atoms with Crippen LogP contribution in [0.1, 0.15) is 33.4 Å². The summed E-state index contributed by atoms with van der Waals surface area (Å²) in [6.45, 7) is 1.72. The first-order valence-corrected chi connectivity index (χ1v) is 10.2. The fourth-order valence-corrected chi connectivity index (χ4v) is 4.18. The number of aromatic nitrogens is 1. The lowest BCUT2D eigenvalue weighted by molar-refractivity contribution is -0.123. The molecule has 0 saturated carbocycles. The zero-order valence-corrected chi connectivity index (χ0v) is 16.9. The summed E-state index contributed by atoms with van der Waals surface area (Å²) in [5, 5.41) is 0.608. The molecule has 2 aromatic carbocycles. The van der Waals surface area contributed by atoms with Gasteiger partial charge in [-0.05, 0) is 43.2 Å². The van der Waals surface area contributed by atoms with E-state index in [0.717, 1.165) is 11.1 Å². The number of hydrogen-bond donors (Lipinski definition) is 4. The first-order valence-electron chi connectivity index (χ1n) is 9.41. The van der Waals surface area contributed by atoms with Gasteiger partial charge in [-0.15, -0.1) is 11.3 Å². The maximum absolute atomic E-state index is 13.1. The van der Waals surface area contributed by atoms with Crippen LogP contribution in [0.4, 0.5) is 4.39 Å². The van der Waals surface area contributed by atoms with E-state index >= 15 is 0 Å². The van der Waals surface area contributed by atoms with E-state index in [0.29, 0.717) is 22.0 Å². The summed E-state index contributed by atoms with van der Waals surface area (Å²) in [6, 6.07) is 15.3. The summed E-state index contributed by atoms with van der Waals surface area (Å²) in [7, 11) is 0. The molecule has 3 aromatic rings. The van der Waals surface area contributed by atoms with Crippen molar-refractivity contribution in [2.45, 2.75) is 25.4 Å². The SMILES string of the molecule is Cc1nc(-c2ccc(F)cc2)sc1C(=O)NNC(=O)C1CC(c2ccccc2)NN1. The van der Waals surface area contributed by atoms with Gasteiger partial charge >= 0.3 is 0 Å². The summed E-state index contributed by atoms with van der Waals surface area (Å²) in [5.41, 5.74) is 13.3. The highest BCUT2D eigenvalue weighted by atomic mass is 32.1. The van der Waals surface area contributed by atoms with Gasteiger partial charge in [0.05, 0.1) is 5.69 Å². The molecule has 4 rings (SSSR count). The molecule has 2 amide bonds. The second-order valence-corrected chi connectivity index (χ2v) is 7.92. The summed E-state index contributed by atoms with van der Waals surface area (Å²) < 4.78 is 13.1.